The van der Waals surface area contributed by atoms with Crippen molar-refractivity contribution < 1.29 is 0 Å². The molecule has 0 saturated carbocycles. The Kier molecular flexibility index (Phi) is 5.10. The van der Waals surface area contributed by atoms with E-state index in [0.717, 1.165) is 22.3 Å². The van der Waals surface area contributed by atoms with Gasteiger partial charge in [-0.05, 0) is 36.1 Å². The summed E-state index contributed by atoms with van der Waals surface area (Å²) < 4.78 is 0. The smallest absolute Gasteiger partial charge is 0.0270 e. The van der Waals surface area contributed by atoms with E-state index in [1.165, 1.54) is 0 Å². The maximum Gasteiger partial charge on any atom is 0.0270 e. The molecule has 0 amide bonds. The molecule has 4 N–H and O–H groups in total. The van der Waals surface area contributed by atoms with Crippen LogP contribution in [-0.4, -0.2) is 0 Å². The molecule has 86 valence electrons. The monoisotopic (exact) mass is 216 g/mol. The Labute approximate surface area is 98.0 Å². The Morgan fingerprint density at radius 3 is 1.19 bits per heavy atom. The lowest BCUT2D eigenvalue weighted by Crippen LogP contribution is -1.98. The third-order valence-corrected chi connectivity index (χ3v) is 2.21. The van der Waals surface area contributed by atoms with Crippen molar-refractivity contribution in [3.8, 4) is 0 Å². The van der Waals surface area contributed by atoms with E-state index >= 15 is 0 Å². The molecule has 0 aromatic carbocycles. The van der Waals surface area contributed by atoms with Gasteiger partial charge in [-0.15, -0.1) is 0 Å². The van der Waals surface area contributed by atoms with Crippen molar-refractivity contribution in [3.63, 3.8) is 0 Å². The van der Waals surface area contributed by atoms with Crippen LogP contribution in [0.5, 0.6) is 0 Å². The molecular formula is C14H20N2. The van der Waals surface area contributed by atoms with Crippen LogP contribution >= 0.6 is 0 Å². The number of hydrogen-bond acceptors (Lipinski definition) is 2. The zero-order valence-electron chi connectivity index (χ0n) is 10.1. The molecule has 0 bridgehead atoms. The fourth-order valence-electron chi connectivity index (χ4n) is 0.893. The van der Waals surface area contributed by atoms with Crippen LogP contribution in [0.25, 0.3) is 0 Å². The molecule has 16 heavy (non-hydrogen) atoms. The van der Waals surface area contributed by atoms with Gasteiger partial charge < -0.3 is 11.5 Å². The molecule has 0 saturated heterocycles. The Balaban J connectivity index is 4.85. The number of allylic oxidation sites excluding steroid dienone is 6. The molecule has 0 aromatic rings. The third-order valence-electron chi connectivity index (χ3n) is 2.21. The van der Waals surface area contributed by atoms with E-state index in [9.17, 15) is 0 Å². The zero-order valence-corrected chi connectivity index (χ0v) is 10.1. The van der Waals surface area contributed by atoms with Crippen molar-refractivity contribution in [1.29, 1.82) is 0 Å². The maximum atomic E-state index is 5.55. The predicted octanol–water partition coefficient (Wildman–Crippen LogP) is 2.94. The predicted molar refractivity (Wildman–Crippen MR) is 72.4 cm³/mol. The van der Waals surface area contributed by atoms with Crippen molar-refractivity contribution in [1.82, 2.24) is 0 Å². The summed E-state index contributed by atoms with van der Waals surface area (Å²) in [7, 11) is 0. The molecule has 0 aliphatic rings. The Morgan fingerprint density at radius 2 is 1.00 bits per heavy atom. The van der Waals surface area contributed by atoms with Crippen LogP contribution < -0.4 is 11.5 Å². The second-order valence-electron chi connectivity index (χ2n) is 3.76. The van der Waals surface area contributed by atoms with Gasteiger partial charge in [0.05, 0.1) is 0 Å². The molecule has 0 unspecified atom stereocenters. The normalized spacial score (nSPS) is 12.1. The number of rotatable bonds is 5. The molecule has 0 radical (unpaired) electrons. The molecule has 2 heteroatoms. The highest BCUT2D eigenvalue weighted by molar-refractivity contribution is 5.48. The molecule has 0 rings (SSSR count). The highest BCUT2D eigenvalue weighted by Gasteiger charge is 1.98. The summed E-state index contributed by atoms with van der Waals surface area (Å²) in [5, 5.41) is 0. The molecule has 0 aliphatic carbocycles. The lowest BCUT2D eigenvalue weighted by molar-refractivity contribution is 1.28. The zero-order chi connectivity index (χ0) is 12.9. The van der Waals surface area contributed by atoms with Gasteiger partial charge in [-0.3, -0.25) is 0 Å². The fraction of sp³-hybridized carbons (Fsp3) is 0.143. The highest BCUT2D eigenvalue weighted by atomic mass is 14.6. The molecule has 0 heterocycles. The largest absolute Gasteiger partial charge is 0.399 e. The molecule has 0 atom stereocenters. The van der Waals surface area contributed by atoms with Gasteiger partial charge in [0.2, 0.25) is 0 Å². The van der Waals surface area contributed by atoms with E-state index in [1.54, 1.807) is 0 Å². The summed E-state index contributed by atoms with van der Waals surface area (Å²) >= 11 is 0. The Hall–Kier alpha value is -1.96. The average molecular weight is 216 g/mol. The second-order valence-corrected chi connectivity index (χ2v) is 3.76. The molecule has 0 aromatic heterocycles. The Morgan fingerprint density at radius 1 is 0.750 bits per heavy atom. The molecule has 0 aliphatic heterocycles. The van der Waals surface area contributed by atoms with Crippen LogP contribution in [0.15, 0.2) is 72.2 Å². The van der Waals surface area contributed by atoms with Crippen molar-refractivity contribution in [2.45, 2.75) is 13.8 Å². The maximum absolute atomic E-state index is 5.55. The van der Waals surface area contributed by atoms with Gasteiger partial charge in [-0.25, -0.2) is 0 Å². The summed E-state index contributed by atoms with van der Waals surface area (Å²) in [4.78, 5) is 0. The Bertz CT molecular complexity index is 366. The van der Waals surface area contributed by atoms with Crippen LogP contribution in [0.3, 0.4) is 0 Å². The molecule has 0 fully saturated rings. The van der Waals surface area contributed by atoms with Crippen molar-refractivity contribution in [3.05, 3.63) is 72.2 Å². The summed E-state index contributed by atoms with van der Waals surface area (Å²) in [5.41, 5.74) is 15.5. The van der Waals surface area contributed by atoms with Crippen LogP contribution in [0.2, 0.25) is 0 Å². The second kappa shape index (κ2) is 5.81. The first-order valence-electron chi connectivity index (χ1n) is 4.90. The fourth-order valence-corrected chi connectivity index (χ4v) is 0.893. The first kappa shape index (κ1) is 14.0. The van der Waals surface area contributed by atoms with Crippen molar-refractivity contribution in [2.75, 3.05) is 0 Å². The SMILES string of the molecule is C=C(/C=C(/C)C(=C)N)C(=C)/C=C(/C)C(=C)N. The topological polar surface area (TPSA) is 52.0 Å². The number of hydrogen-bond donors (Lipinski definition) is 2. The van der Waals surface area contributed by atoms with Crippen molar-refractivity contribution >= 4 is 0 Å². The standard InChI is InChI=1S/C14H20N2/c1-9(7-11(3)13(5)15)10(2)8-12(4)14(6)16/h7-8H,1-2,5-6,15-16H2,3-4H3/b11-7-,12-8-. The van der Waals surface area contributed by atoms with Gasteiger partial charge in [0.15, 0.2) is 0 Å². The van der Waals surface area contributed by atoms with Gasteiger partial charge in [0, 0.05) is 11.4 Å². The van der Waals surface area contributed by atoms with E-state index in [-0.39, 0.29) is 0 Å². The first-order chi connectivity index (χ1) is 7.25. The minimum absolute atomic E-state index is 0.526. The lowest BCUT2D eigenvalue weighted by Gasteiger charge is -2.05. The summed E-state index contributed by atoms with van der Waals surface area (Å²) in [6.07, 6.45) is 3.68. The van der Waals surface area contributed by atoms with E-state index in [2.05, 4.69) is 26.3 Å². The minimum atomic E-state index is 0.526. The quantitative estimate of drug-likeness (QED) is 0.694. The number of nitrogens with two attached hydrogens (primary N) is 2. The van der Waals surface area contributed by atoms with Gasteiger partial charge in [0.1, 0.15) is 0 Å². The van der Waals surface area contributed by atoms with Crippen LogP contribution in [0, 0.1) is 0 Å². The van der Waals surface area contributed by atoms with Gasteiger partial charge >= 0.3 is 0 Å². The first-order valence-corrected chi connectivity index (χ1v) is 4.90. The van der Waals surface area contributed by atoms with Crippen LogP contribution in [0.1, 0.15) is 13.8 Å². The van der Waals surface area contributed by atoms with E-state index in [0.29, 0.717) is 11.4 Å². The van der Waals surface area contributed by atoms with Crippen molar-refractivity contribution in [2.24, 2.45) is 11.5 Å². The molecular weight excluding hydrogens is 196 g/mol. The van der Waals surface area contributed by atoms with E-state index < -0.39 is 0 Å². The molecule has 0 spiro atoms. The van der Waals surface area contributed by atoms with Gasteiger partial charge in [0.25, 0.3) is 0 Å². The third kappa shape index (κ3) is 4.51. The van der Waals surface area contributed by atoms with Crippen LogP contribution in [-0.2, 0) is 0 Å². The van der Waals surface area contributed by atoms with Gasteiger partial charge in [-0.1, -0.05) is 38.5 Å². The average Bonchev–Trinajstić information content (AvgIpc) is 2.16. The van der Waals surface area contributed by atoms with E-state index in [1.807, 2.05) is 26.0 Å². The summed E-state index contributed by atoms with van der Waals surface area (Å²) in [5.74, 6) is 0. The van der Waals surface area contributed by atoms with Gasteiger partial charge in [-0.2, -0.15) is 0 Å². The summed E-state index contributed by atoms with van der Waals surface area (Å²) in [6.45, 7) is 18.8. The van der Waals surface area contributed by atoms with E-state index in [4.69, 9.17) is 11.5 Å². The molecule has 2 nitrogen and oxygen atoms in total. The summed E-state index contributed by atoms with van der Waals surface area (Å²) in [6, 6.07) is 0. The van der Waals surface area contributed by atoms with Crippen LogP contribution in [0.4, 0.5) is 0 Å². The lowest BCUT2D eigenvalue weighted by atomic mass is 10.0. The highest BCUT2D eigenvalue weighted by Crippen LogP contribution is 2.15. The minimum Gasteiger partial charge on any atom is -0.399 e.